The molecule has 0 saturated carbocycles. The van der Waals surface area contributed by atoms with Gasteiger partial charge in [0.15, 0.2) is 5.96 Å². The first-order valence-electron chi connectivity index (χ1n) is 7.76. The minimum atomic E-state index is 0. The molecule has 5 nitrogen and oxygen atoms in total. The molecule has 0 aromatic rings. The van der Waals surface area contributed by atoms with Gasteiger partial charge in [-0.05, 0) is 19.8 Å². The molecule has 0 aliphatic carbocycles. The highest BCUT2D eigenvalue weighted by Crippen LogP contribution is 2.02. The van der Waals surface area contributed by atoms with Crippen molar-refractivity contribution in [3.8, 4) is 0 Å². The third-order valence-electron chi connectivity index (χ3n) is 3.04. The Bertz CT molecular complexity index is 295. The lowest BCUT2D eigenvalue weighted by molar-refractivity contribution is -0.127. The number of unbranched alkanes of at least 4 members (excludes halogenated alkanes) is 2. The molecule has 0 fully saturated rings. The van der Waals surface area contributed by atoms with E-state index in [-0.39, 0.29) is 36.4 Å². The predicted molar refractivity (Wildman–Crippen MR) is 101 cm³/mol. The van der Waals surface area contributed by atoms with Crippen molar-refractivity contribution in [1.82, 2.24) is 15.5 Å². The summed E-state index contributed by atoms with van der Waals surface area (Å²) in [4.78, 5) is 17.5. The van der Waals surface area contributed by atoms with Gasteiger partial charge in [-0.2, -0.15) is 0 Å². The number of guanidine groups is 1. The first-order valence-corrected chi connectivity index (χ1v) is 7.76. The van der Waals surface area contributed by atoms with E-state index in [4.69, 9.17) is 0 Å². The van der Waals surface area contributed by atoms with Crippen molar-refractivity contribution < 1.29 is 4.79 Å². The summed E-state index contributed by atoms with van der Waals surface area (Å²) in [6.45, 7) is 7.53. The highest BCUT2D eigenvalue weighted by atomic mass is 127. The molecule has 0 rings (SSSR count). The van der Waals surface area contributed by atoms with Gasteiger partial charge in [0.05, 0.1) is 0 Å². The van der Waals surface area contributed by atoms with Crippen molar-refractivity contribution >= 4 is 35.8 Å². The summed E-state index contributed by atoms with van der Waals surface area (Å²) >= 11 is 0. The van der Waals surface area contributed by atoms with Crippen molar-refractivity contribution in [3.63, 3.8) is 0 Å². The molecule has 0 heterocycles. The molecule has 21 heavy (non-hydrogen) atoms. The summed E-state index contributed by atoms with van der Waals surface area (Å²) in [5.41, 5.74) is 0. The molecule has 1 unspecified atom stereocenters. The minimum Gasteiger partial charge on any atom is -0.356 e. The fourth-order valence-electron chi connectivity index (χ4n) is 1.69. The Labute approximate surface area is 147 Å². The van der Waals surface area contributed by atoms with Crippen molar-refractivity contribution in [2.45, 2.75) is 58.9 Å². The van der Waals surface area contributed by atoms with Gasteiger partial charge in [-0.15, -0.1) is 24.0 Å². The topological polar surface area (TPSA) is 56.7 Å². The number of hydrogen-bond acceptors (Lipinski definition) is 2. The van der Waals surface area contributed by atoms with Crippen LogP contribution >= 0.6 is 24.0 Å². The number of hydrogen-bond donors (Lipinski definition) is 2. The van der Waals surface area contributed by atoms with E-state index >= 15 is 0 Å². The number of nitrogens with zero attached hydrogens (tertiary/aromatic N) is 2. The van der Waals surface area contributed by atoms with Gasteiger partial charge in [0.1, 0.15) is 6.54 Å². The molecule has 0 aliphatic heterocycles. The van der Waals surface area contributed by atoms with E-state index in [1.165, 1.54) is 19.3 Å². The molecule has 1 amide bonds. The average Bonchev–Trinajstić information content (AvgIpc) is 2.41. The predicted octanol–water partition coefficient (Wildman–Crippen LogP) is 2.61. The third kappa shape index (κ3) is 12.9. The van der Waals surface area contributed by atoms with Crippen LogP contribution in [0.5, 0.6) is 0 Å². The Morgan fingerprint density at radius 2 is 1.86 bits per heavy atom. The number of aliphatic imine (C=N–C) groups is 1. The maximum Gasteiger partial charge on any atom is 0.243 e. The Balaban J connectivity index is 0. The van der Waals surface area contributed by atoms with Crippen LogP contribution in [-0.4, -0.2) is 50.0 Å². The molecule has 0 aromatic heterocycles. The van der Waals surface area contributed by atoms with Gasteiger partial charge in [-0.1, -0.05) is 33.1 Å². The highest BCUT2D eigenvalue weighted by molar-refractivity contribution is 14.0. The summed E-state index contributed by atoms with van der Waals surface area (Å²) in [6, 6.07) is 0.374. The Kier molecular flexibility index (Phi) is 15.6. The maximum atomic E-state index is 11.6. The van der Waals surface area contributed by atoms with E-state index in [1.54, 1.807) is 19.0 Å². The Hall–Kier alpha value is -0.530. The maximum absolute atomic E-state index is 11.6. The molecular formula is C15H33IN4O. The van der Waals surface area contributed by atoms with E-state index in [1.807, 2.05) is 0 Å². The van der Waals surface area contributed by atoms with Crippen LogP contribution in [0.25, 0.3) is 0 Å². The second kappa shape index (κ2) is 14.4. The second-order valence-electron chi connectivity index (χ2n) is 5.42. The number of amides is 1. The quantitative estimate of drug-likeness (QED) is 0.265. The largest absolute Gasteiger partial charge is 0.356 e. The second-order valence-corrected chi connectivity index (χ2v) is 5.42. The summed E-state index contributed by atoms with van der Waals surface area (Å²) < 4.78 is 0. The van der Waals surface area contributed by atoms with Crippen molar-refractivity contribution in [2.75, 3.05) is 27.2 Å². The van der Waals surface area contributed by atoms with Crippen LogP contribution in [-0.2, 0) is 4.79 Å². The number of rotatable bonds is 9. The molecule has 0 aliphatic rings. The molecule has 6 heteroatoms. The zero-order chi connectivity index (χ0) is 15.4. The molecule has 0 saturated heterocycles. The van der Waals surface area contributed by atoms with Crippen LogP contribution in [0.15, 0.2) is 4.99 Å². The van der Waals surface area contributed by atoms with Crippen molar-refractivity contribution in [2.24, 2.45) is 4.99 Å². The van der Waals surface area contributed by atoms with Gasteiger partial charge in [0.25, 0.3) is 0 Å². The van der Waals surface area contributed by atoms with E-state index in [0.717, 1.165) is 25.3 Å². The normalized spacial score (nSPS) is 12.3. The third-order valence-corrected chi connectivity index (χ3v) is 3.04. The number of halogens is 1. The van der Waals surface area contributed by atoms with Crippen LogP contribution in [0.2, 0.25) is 0 Å². The van der Waals surface area contributed by atoms with Crippen LogP contribution in [0.1, 0.15) is 52.9 Å². The number of likely N-dealkylation sites (N-methyl/N-ethyl adjacent to an activating group) is 1. The Morgan fingerprint density at radius 1 is 1.19 bits per heavy atom. The van der Waals surface area contributed by atoms with Gasteiger partial charge < -0.3 is 15.5 Å². The smallest absolute Gasteiger partial charge is 0.243 e. The van der Waals surface area contributed by atoms with Crippen LogP contribution < -0.4 is 10.6 Å². The van der Waals surface area contributed by atoms with Crippen molar-refractivity contribution in [3.05, 3.63) is 0 Å². The van der Waals surface area contributed by atoms with Gasteiger partial charge in [0.2, 0.25) is 5.91 Å². The zero-order valence-electron chi connectivity index (χ0n) is 14.2. The van der Waals surface area contributed by atoms with Gasteiger partial charge in [-0.25, -0.2) is 4.99 Å². The molecule has 126 valence electrons. The monoisotopic (exact) mass is 412 g/mol. The lowest BCUT2D eigenvalue weighted by atomic mass is 10.1. The minimum absolute atomic E-state index is 0. The van der Waals surface area contributed by atoms with Gasteiger partial charge in [0, 0.05) is 26.7 Å². The number of nitrogens with one attached hydrogen (secondary N) is 2. The fourth-order valence-corrected chi connectivity index (χ4v) is 1.69. The SMILES string of the molecule is CCCCCC(C)NC(=NCC(=O)N(C)C)NCCC.I. The van der Waals surface area contributed by atoms with Crippen LogP contribution in [0.3, 0.4) is 0 Å². The first kappa shape index (κ1) is 22.7. The average molecular weight is 412 g/mol. The molecular weight excluding hydrogens is 379 g/mol. The standard InChI is InChI=1S/C15H32N4O.HI/c1-6-8-9-10-13(3)18-15(16-11-7-2)17-12-14(20)19(4)5;/h13H,6-12H2,1-5H3,(H2,16,17,18);1H. The number of carbonyl (C=O) groups excluding carboxylic acids is 1. The van der Waals surface area contributed by atoms with Gasteiger partial charge in [-0.3, -0.25) is 4.79 Å². The lowest BCUT2D eigenvalue weighted by Crippen LogP contribution is -2.43. The molecule has 0 radical (unpaired) electrons. The zero-order valence-corrected chi connectivity index (χ0v) is 16.6. The molecule has 0 bridgehead atoms. The summed E-state index contributed by atoms with van der Waals surface area (Å²) in [5.74, 6) is 0.757. The fraction of sp³-hybridized carbons (Fsp3) is 0.867. The molecule has 0 aromatic carbocycles. The van der Waals surface area contributed by atoms with Crippen molar-refractivity contribution in [1.29, 1.82) is 0 Å². The van der Waals surface area contributed by atoms with E-state index in [2.05, 4.69) is 36.4 Å². The number of carbonyl (C=O) groups is 1. The summed E-state index contributed by atoms with van der Waals surface area (Å²) in [5, 5.41) is 6.63. The summed E-state index contributed by atoms with van der Waals surface area (Å²) in [7, 11) is 3.50. The van der Waals surface area contributed by atoms with E-state index in [9.17, 15) is 4.79 Å². The first-order chi connectivity index (χ1) is 9.51. The molecule has 0 spiro atoms. The van der Waals surface area contributed by atoms with E-state index < -0.39 is 0 Å². The van der Waals surface area contributed by atoms with Crippen LogP contribution in [0, 0.1) is 0 Å². The van der Waals surface area contributed by atoms with Crippen LogP contribution in [0.4, 0.5) is 0 Å². The lowest BCUT2D eigenvalue weighted by Gasteiger charge is -2.18. The molecule has 2 N–H and O–H groups in total. The summed E-state index contributed by atoms with van der Waals surface area (Å²) in [6.07, 6.45) is 5.89. The Morgan fingerprint density at radius 3 is 2.38 bits per heavy atom. The molecule has 1 atom stereocenters. The highest BCUT2D eigenvalue weighted by Gasteiger charge is 2.07. The van der Waals surface area contributed by atoms with E-state index in [0.29, 0.717) is 6.04 Å². The van der Waals surface area contributed by atoms with Gasteiger partial charge >= 0.3 is 0 Å².